The van der Waals surface area contributed by atoms with Gasteiger partial charge in [0.15, 0.2) is 5.65 Å². The minimum Gasteiger partial charge on any atom is -0.496 e. The molecule has 0 saturated heterocycles. The lowest BCUT2D eigenvalue weighted by atomic mass is 9.74. The Labute approximate surface area is 203 Å². The molecule has 1 aliphatic rings. The lowest BCUT2D eigenvalue weighted by Gasteiger charge is -2.44. The Morgan fingerprint density at radius 1 is 1.29 bits per heavy atom. The predicted molar refractivity (Wildman–Crippen MR) is 135 cm³/mol. The summed E-state index contributed by atoms with van der Waals surface area (Å²) in [5.74, 6) is 1.36. The lowest BCUT2D eigenvalue weighted by Crippen LogP contribution is -2.56. The van der Waals surface area contributed by atoms with E-state index >= 15 is 0 Å². The van der Waals surface area contributed by atoms with Gasteiger partial charge in [-0.15, -0.1) is 0 Å². The summed E-state index contributed by atoms with van der Waals surface area (Å²) in [6, 6.07) is 5.49. The third-order valence-corrected chi connectivity index (χ3v) is 6.51. The second-order valence-electron chi connectivity index (χ2n) is 8.58. The molecule has 3 aromatic rings. The Bertz CT molecular complexity index is 1340. The van der Waals surface area contributed by atoms with Crippen LogP contribution in [0.1, 0.15) is 29.8 Å². The fourth-order valence-electron chi connectivity index (χ4n) is 4.73. The Morgan fingerprint density at radius 2 is 2.03 bits per heavy atom. The number of rotatable bonds is 5. The standard InChI is InChI=1S/C24H29ClN8O/c1-13-8-7-9-18(34-6)20(13)24(23(27)32(4)5)17(10-16(25)11-30-24)15(3)33-22-19(14(2)31-33)21(26)28-12-29-22/h7-12,15,27,30H,1-6H3,(H2,26,28,29). The monoisotopic (exact) mass is 480 g/mol. The zero-order chi connectivity index (χ0) is 24.8. The molecular formula is C24H29ClN8O. The third kappa shape index (κ3) is 3.47. The first-order valence-corrected chi connectivity index (χ1v) is 11.2. The first kappa shape index (κ1) is 23.6. The second kappa shape index (κ2) is 8.64. The number of nitrogens with one attached hydrogen (secondary N) is 2. The molecular weight excluding hydrogens is 452 g/mol. The second-order valence-corrected chi connectivity index (χ2v) is 9.02. The molecule has 0 radical (unpaired) electrons. The van der Waals surface area contributed by atoms with Gasteiger partial charge in [0.2, 0.25) is 0 Å². The number of benzene rings is 1. The summed E-state index contributed by atoms with van der Waals surface area (Å²) in [4.78, 5) is 10.4. The number of fused-ring (bicyclic) bond motifs is 1. The number of hydrogen-bond acceptors (Lipinski definition) is 7. The van der Waals surface area contributed by atoms with Crippen LogP contribution < -0.4 is 15.8 Å². The van der Waals surface area contributed by atoms with Crippen LogP contribution in [0.5, 0.6) is 5.75 Å². The Hall–Kier alpha value is -3.59. The number of nitrogens with two attached hydrogens (primary N) is 1. The lowest BCUT2D eigenvalue weighted by molar-refractivity contribution is 0.380. The van der Waals surface area contributed by atoms with Gasteiger partial charge in [-0.2, -0.15) is 5.10 Å². The molecule has 2 unspecified atom stereocenters. The molecule has 3 heterocycles. The van der Waals surface area contributed by atoms with E-state index in [1.165, 1.54) is 6.33 Å². The summed E-state index contributed by atoms with van der Waals surface area (Å²) in [7, 11) is 5.33. The van der Waals surface area contributed by atoms with Crippen molar-refractivity contribution in [1.82, 2.24) is 30.0 Å². The number of dihydropyridines is 1. The number of aromatic nitrogens is 4. The fourth-order valence-corrected chi connectivity index (χ4v) is 4.90. The van der Waals surface area contributed by atoms with Crippen molar-refractivity contribution in [3.63, 3.8) is 0 Å². The van der Waals surface area contributed by atoms with Crippen molar-refractivity contribution >= 4 is 34.3 Å². The topological polar surface area (TPSA) is 118 Å². The summed E-state index contributed by atoms with van der Waals surface area (Å²) in [6.07, 6.45) is 5.04. The van der Waals surface area contributed by atoms with Gasteiger partial charge in [-0.1, -0.05) is 23.7 Å². The Balaban J connectivity index is 2.04. The van der Waals surface area contributed by atoms with Gasteiger partial charge >= 0.3 is 0 Å². The van der Waals surface area contributed by atoms with E-state index in [0.717, 1.165) is 22.4 Å². The van der Waals surface area contributed by atoms with Crippen LogP contribution >= 0.6 is 11.6 Å². The zero-order valence-corrected chi connectivity index (χ0v) is 20.9. The molecule has 10 heteroatoms. The Morgan fingerprint density at radius 3 is 2.71 bits per heavy atom. The molecule has 1 aliphatic heterocycles. The highest BCUT2D eigenvalue weighted by Gasteiger charge is 2.48. The molecule has 0 fully saturated rings. The minimum absolute atomic E-state index is 0.320. The highest BCUT2D eigenvalue weighted by molar-refractivity contribution is 6.31. The van der Waals surface area contributed by atoms with Crippen LogP contribution in [0.2, 0.25) is 0 Å². The van der Waals surface area contributed by atoms with E-state index in [1.54, 1.807) is 18.2 Å². The molecule has 4 rings (SSSR count). The number of nitrogens with zero attached hydrogens (tertiary/aromatic N) is 5. The highest BCUT2D eigenvalue weighted by Crippen LogP contribution is 2.46. The number of nitrogen functional groups attached to an aromatic ring is 1. The van der Waals surface area contributed by atoms with Gasteiger partial charge in [0.1, 0.15) is 29.3 Å². The van der Waals surface area contributed by atoms with E-state index in [0.29, 0.717) is 33.5 Å². The predicted octanol–water partition coefficient (Wildman–Crippen LogP) is 3.64. The molecule has 178 valence electrons. The first-order chi connectivity index (χ1) is 16.1. The van der Waals surface area contributed by atoms with E-state index in [1.807, 2.05) is 63.8 Å². The van der Waals surface area contributed by atoms with Crippen LogP contribution in [0.4, 0.5) is 5.82 Å². The summed E-state index contributed by atoms with van der Waals surface area (Å²) in [5, 5.41) is 18.7. The van der Waals surface area contributed by atoms with Crippen LogP contribution in [-0.4, -0.2) is 51.7 Å². The number of halogens is 1. The summed E-state index contributed by atoms with van der Waals surface area (Å²) in [6.45, 7) is 5.90. The molecule has 2 aromatic heterocycles. The van der Waals surface area contributed by atoms with E-state index in [9.17, 15) is 5.41 Å². The summed E-state index contributed by atoms with van der Waals surface area (Å²) in [5.41, 5.74) is 9.02. The van der Waals surface area contributed by atoms with Crippen molar-refractivity contribution in [2.75, 3.05) is 26.9 Å². The molecule has 0 amide bonds. The number of allylic oxidation sites excluding steroid dienone is 2. The average molecular weight is 481 g/mol. The highest BCUT2D eigenvalue weighted by atomic mass is 35.5. The van der Waals surface area contributed by atoms with Crippen molar-refractivity contribution in [2.24, 2.45) is 0 Å². The van der Waals surface area contributed by atoms with Crippen molar-refractivity contribution in [2.45, 2.75) is 32.4 Å². The SMILES string of the molecule is COc1cccc(C)c1C1(C(=N)N(C)C)NC=C(Cl)C=C1C(C)n1nc(C)c2c(N)ncnc21. The number of methoxy groups -OCH3 is 1. The smallest absolute Gasteiger partial charge is 0.164 e. The van der Waals surface area contributed by atoms with Gasteiger partial charge in [0.05, 0.1) is 29.3 Å². The van der Waals surface area contributed by atoms with Gasteiger partial charge < -0.3 is 20.7 Å². The number of hydrogen-bond donors (Lipinski definition) is 3. The number of anilines is 1. The van der Waals surface area contributed by atoms with E-state index in [-0.39, 0.29) is 6.04 Å². The maximum Gasteiger partial charge on any atom is 0.164 e. The molecule has 4 N–H and O–H groups in total. The van der Waals surface area contributed by atoms with E-state index in [4.69, 9.17) is 27.2 Å². The zero-order valence-electron chi connectivity index (χ0n) is 20.1. The Kier molecular flexibility index (Phi) is 5.99. The minimum atomic E-state index is -1.08. The van der Waals surface area contributed by atoms with Crippen LogP contribution in [-0.2, 0) is 5.54 Å². The summed E-state index contributed by atoms with van der Waals surface area (Å²) < 4.78 is 7.60. The normalized spacial score (nSPS) is 18.7. The maximum atomic E-state index is 9.27. The van der Waals surface area contributed by atoms with Gasteiger partial charge in [0.25, 0.3) is 0 Å². The van der Waals surface area contributed by atoms with Gasteiger partial charge in [-0.05, 0) is 44.1 Å². The maximum absolute atomic E-state index is 9.27. The molecule has 34 heavy (non-hydrogen) atoms. The number of aryl methyl sites for hydroxylation is 2. The quantitative estimate of drug-likeness (QED) is 0.377. The van der Waals surface area contributed by atoms with Gasteiger partial charge in [-0.3, -0.25) is 5.41 Å². The average Bonchev–Trinajstić information content (AvgIpc) is 3.15. The van der Waals surface area contributed by atoms with Crippen LogP contribution in [0.15, 0.2) is 47.4 Å². The fraction of sp³-hybridized carbons (Fsp3) is 0.333. The van der Waals surface area contributed by atoms with Crippen LogP contribution in [0.25, 0.3) is 11.0 Å². The molecule has 0 bridgehead atoms. The molecule has 1 aromatic carbocycles. The van der Waals surface area contributed by atoms with Crippen LogP contribution in [0, 0.1) is 19.3 Å². The molecule has 0 spiro atoms. The van der Waals surface area contributed by atoms with Crippen molar-refractivity contribution in [1.29, 1.82) is 5.41 Å². The van der Waals surface area contributed by atoms with Gasteiger partial charge in [0, 0.05) is 25.9 Å². The first-order valence-electron chi connectivity index (χ1n) is 10.8. The third-order valence-electron chi connectivity index (χ3n) is 6.29. The largest absolute Gasteiger partial charge is 0.496 e. The molecule has 2 atom stereocenters. The van der Waals surface area contributed by atoms with E-state index in [2.05, 4.69) is 15.3 Å². The van der Waals surface area contributed by atoms with Crippen molar-refractivity contribution in [3.8, 4) is 5.75 Å². The van der Waals surface area contributed by atoms with Crippen LogP contribution in [0.3, 0.4) is 0 Å². The van der Waals surface area contributed by atoms with Crippen molar-refractivity contribution in [3.05, 3.63) is 64.2 Å². The number of amidine groups is 1. The summed E-state index contributed by atoms with van der Waals surface area (Å²) >= 11 is 6.54. The van der Waals surface area contributed by atoms with E-state index < -0.39 is 5.54 Å². The van der Waals surface area contributed by atoms with Crippen molar-refractivity contribution < 1.29 is 4.74 Å². The number of likely N-dealkylation sites (N-methyl/N-ethyl adjacent to an activating group) is 1. The molecule has 0 saturated carbocycles. The van der Waals surface area contributed by atoms with Gasteiger partial charge in [-0.25, -0.2) is 14.6 Å². The molecule has 0 aliphatic carbocycles. The molecule has 9 nitrogen and oxygen atoms in total. The number of ether oxygens (including phenoxy) is 1.